The van der Waals surface area contributed by atoms with Gasteiger partial charge in [-0.3, -0.25) is 4.79 Å². The first-order chi connectivity index (χ1) is 10.6. The summed E-state index contributed by atoms with van der Waals surface area (Å²) in [4.78, 5) is 17.0. The first-order valence-electron chi connectivity index (χ1n) is 7.46. The maximum absolute atomic E-state index is 12.0. The Labute approximate surface area is 135 Å². The van der Waals surface area contributed by atoms with E-state index < -0.39 is 0 Å². The minimum absolute atomic E-state index is 0.0424. The van der Waals surface area contributed by atoms with Gasteiger partial charge in [-0.15, -0.1) is 11.3 Å². The second-order valence-electron chi connectivity index (χ2n) is 5.18. The van der Waals surface area contributed by atoms with Crippen molar-refractivity contribution in [3.63, 3.8) is 0 Å². The number of ether oxygens (including phenoxy) is 1. The van der Waals surface area contributed by atoms with Crippen molar-refractivity contribution in [2.24, 2.45) is 0 Å². The Morgan fingerprint density at radius 2 is 2.05 bits per heavy atom. The molecule has 118 valence electrons. The van der Waals surface area contributed by atoms with Crippen molar-refractivity contribution in [1.82, 2.24) is 10.3 Å². The first-order valence-corrected chi connectivity index (χ1v) is 8.28. The third-order valence-corrected chi connectivity index (χ3v) is 4.42. The average molecular weight is 318 g/mol. The zero-order valence-electron chi connectivity index (χ0n) is 13.3. The smallest absolute Gasteiger partial charge is 0.263 e. The lowest BCUT2D eigenvalue weighted by Crippen LogP contribution is -2.25. The second-order valence-corrected chi connectivity index (χ2v) is 6.38. The molecule has 2 rings (SSSR count). The molecule has 1 unspecified atom stereocenters. The van der Waals surface area contributed by atoms with Crippen molar-refractivity contribution < 1.29 is 9.53 Å². The minimum Gasteiger partial charge on any atom is -0.374 e. The van der Waals surface area contributed by atoms with Crippen molar-refractivity contribution in [3.8, 4) is 0 Å². The van der Waals surface area contributed by atoms with Gasteiger partial charge >= 0.3 is 0 Å². The SMILES string of the molecule is Cc1nc(C)c(C(=O)NCCCOC(C)c2ccccc2)s1. The second kappa shape index (κ2) is 8.06. The Hall–Kier alpha value is -1.72. The van der Waals surface area contributed by atoms with Crippen molar-refractivity contribution in [2.75, 3.05) is 13.2 Å². The van der Waals surface area contributed by atoms with Gasteiger partial charge in [0.25, 0.3) is 5.91 Å². The summed E-state index contributed by atoms with van der Waals surface area (Å²) in [5, 5.41) is 3.84. The number of aromatic nitrogens is 1. The van der Waals surface area contributed by atoms with Gasteiger partial charge in [0.15, 0.2) is 0 Å². The van der Waals surface area contributed by atoms with Crippen LogP contribution < -0.4 is 5.32 Å². The molecule has 0 aliphatic carbocycles. The van der Waals surface area contributed by atoms with Crippen LogP contribution in [0.15, 0.2) is 30.3 Å². The maximum Gasteiger partial charge on any atom is 0.263 e. The standard InChI is InChI=1S/C17H22N2O2S/c1-12-16(22-14(3)19-12)17(20)18-10-7-11-21-13(2)15-8-5-4-6-9-15/h4-6,8-9,13H,7,10-11H2,1-3H3,(H,18,20). The quantitative estimate of drug-likeness (QED) is 0.793. The molecule has 0 aliphatic rings. The van der Waals surface area contributed by atoms with Crippen LogP contribution in [0, 0.1) is 13.8 Å². The molecule has 1 aromatic carbocycles. The fourth-order valence-electron chi connectivity index (χ4n) is 2.18. The Morgan fingerprint density at radius 1 is 1.32 bits per heavy atom. The van der Waals surface area contributed by atoms with E-state index in [9.17, 15) is 4.79 Å². The summed E-state index contributed by atoms with van der Waals surface area (Å²) in [6, 6.07) is 10.1. The summed E-state index contributed by atoms with van der Waals surface area (Å²) in [5.41, 5.74) is 1.97. The first kappa shape index (κ1) is 16.6. The third kappa shape index (κ3) is 4.64. The van der Waals surface area contributed by atoms with Gasteiger partial charge in [0, 0.05) is 13.2 Å². The predicted molar refractivity (Wildman–Crippen MR) is 89.3 cm³/mol. The number of carbonyl (C=O) groups excluding carboxylic acids is 1. The molecule has 1 atom stereocenters. The van der Waals surface area contributed by atoms with Crippen molar-refractivity contribution in [2.45, 2.75) is 33.3 Å². The number of hydrogen-bond acceptors (Lipinski definition) is 4. The molecule has 1 aromatic heterocycles. The van der Waals surface area contributed by atoms with Crippen LogP contribution in [0.5, 0.6) is 0 Å². The van der Waals surface area contributed by atoms with Crippen LogP contribution in [-0.2, 0) is 4.74 Å². The van der Waals surface area contributed by atoms with E-state index in [1.807, 2.05) is 39.0 Å². The summed E-state index contributed by atoms with van der Waals surface area (Å²) in [6.07, 6.45) is 0.864. The largest absolute Gasteiger partial charge is 0.374 e. The molecule has 2 aromatic rings. The predicted octanol–water partition coefficient (Wildman–Crippen LogP) is 3.66. The topological polar surface area (TPSA) is 51.2 Å². The average Bonchev–Trinajstić information content (AvgIpc) is 2.86. The van der Waals surface area contributed by atoms with E-state index >= 15 is 0 Å². The van der Waals surface area contributed by atoms with Crippen molar-refractivity contribution in [1.29, 1.82) is 0 Å². The molecule has 1 heterocycles. The molecule has 0 radical (unpaired) electrons. The summed E-state index contributed by atoms with van der Waals surface area (Å²) in [6.45, 7) is 7.04. The molecule has 22 heavy (non-hydrogen) atoms. The number of hydrogen-bond donors (Lipinski definition) is 1. The lowest BCUT2D eigenvalue weighted by molar-refractivity contribution is 0.0635. The van der Waals surface area contributed by atoms with Gasteiger partial charge in [-0.1, -0.05) is 30.3 Å². The molecule has 5 heteroatoms. The zero-order chi connectivity index (χ0) is 15.9. The van der Waals surface area contributed by atoms with Crippen LogP contribution in [-0.4, -0.2) is 24.0 Å². The van der Waals surface area contributed by atoms with E-state index in [1.165, 1.54) is 16.9 Å². The molecular weight excluding hydrogens is 296 g/mol. The van der Waals surface area contributed by atoms with E-state index in [2.05, 4.69) is 22.4 Å². The molecule has 1 N–H and O–H groups in total. The maximum atomic E-state index is 12.0. The van der Waals surface area contributed by atoms with Gasteiger partial charge < -0.3 is 10.1 Å². The van der Waals surface area contributed by atoms with Gasteiger partial charge in [0.1, 0.15) is 4.88 Å². The van der Waals surface area contributed by atoms with Crippen molar-refractivity contribution in [3.05, 3.63) is 51.5 Å². The monoisotopic (exact) mass is 318 g/mol. The van der Waals surface area contributed by atoms with E-state index in [0.29, 0.717) is 18.0 Å². The Kier molecular flexibility index (Phi) is 6.10. The number of amides is 1. The molecule has 0 saturated heterocycles. The van der Waals surface area contributed by atoms with Crippen LogP contribution >= 0.6 is 11.3 Å². The lowest BCUT2D eigenvalue weighted by atomic mass is 10.1. The fourth-order valence-corrected chi connectivity index (χ4v) is 3.01. The molecule has 4 nitrogen and oxygen atoms in total. The molecule has 0 saturated carbocycles. The third-order valence-electron chi connectivity index (χ3n) is 3.35. The summed E-state index contributed by atoms with van der Waals surface area (Å²) < 4.78 is 5.78. The zero-order valence-corrected chi connectivity index (χ0v) is 14.1. The van der Waals surface area contributed by atoms with E-state index in [1.54, 1.807) is 0 Å². The van der Waals surface area contributed by atoms with Gasteiger partial charge in [-0.2, -0.15) is 0 Å². The number of nitrogens with zero attached hydrogens (tertiary/aromatic N) is 1. The fraction of sp³-hybridized carbons (Fsp3) is 0.412. The van der Waals surface area contributed by atoms with E-state index in [-0.39, 0.29) is 12.0 Å². The number of thiazole rings is 1. The van der Waals surface area contributed by atoms with Gasteiger partial charge in [0.05, 0.1) is 16.8 Å². The molecule has 0 fully saturated rings. The van der Waals surface area contributed by atoms with Crippen molar-refractivity contribution >= 4 is 17.2 Å². The molecule has 0 spiro atoms. The molecule has 0 aliphatic heterocycles. The highest BCUT2D eigenvalue weighted by Gasteiger charge is 2.13. The number of carbonyl (C=O) groups is 1. The van der Waals surface area contributed by atoms with Crippen LogP contribution in [0.2, 0.25) is 0 Å². The minimum atomic E-state index is -0.0424. The highest BCUT2D eigenvalue weighted by molar-refractivity contribution is 7.13. The van der Waals surface area contributed by atoms with E-state index in [0.717, 1.165) is 17.1 Å². The number of nitrogens with one attached hydrogen (secondary N) is 1. The van der Waals surface area contributed by atoms with Gasteiger partial charge in [0.2, 0.25) is 0 Å². The highest BCUT2D eigenvalue weighted by atomic mass is 32.1. The van der Waals surface area contributed by atoms with Gasteiger partial charge in [-0.05, 0) is 32.8 Å². The van der Waals surface area contributed by atoms with Crippen LogP contribution in [0.3, 0.4) is 0 Å². The normalized spacial score (nSPS) is 12.1. The van der Waals surface area contributed by atoms with Gasteiger partial charge in [-0.25, -0.2) is 4.98 Å². The Balaban J connectivity index is 1.67. The molecule has 0 bridgehead atoms. The Morgan fingerprint density at radius 3 is 2.68 bits per heavy atom. The van der Waals surface area contributed by atoms with Crippen LogP contribution in [0.4, 0.5) is 0 Å². The Bertz CT molecular complexity index is 610. The summed E-state index contributed by atoms with van der Waals surface area (Å²) >= 11 is 1.43. The van der Waals surface area contributed by atoms with Crippen LogP contribution in [0.25, 0.3) is 0 Å². The highest BCUT2D eigenvalue weighted by Crippen LogP contribution is 2.17. The molecular formula is C17H22N2O2S. The number of rotatable bonds is 7. The molecule has 1 amide bonds. The number of aryl methyl sites for hydroxylation is 2. The summed E-state index contributed by atoms with van der Waals surface area (Å²) in [7, 11) is 0. The summed E-state index contributed by atoms with van der Waals surface area (Å²) in [5.74, 6) is -0.0424. The van der Waals surface area contributed by atoms with Crippen LogP contribution in [0.1, 0.15) is 45.4 Å². The van der Waals surface area contributed by atoms with E-state index in [4.69, 9.17) is 4.74 Å². The number of benzene rings is 1. The lowest BCUT2D eigenvalue weighted by Gasteiger charge is -2.13.